The van der Waals surface area contributed by atoms with Crippen LogP contribution in [0.15, 0.2) is 36.8 Å². The van der Waals surface area contributed by atoms with E-state index >= 15 is 0 Å². The molecule has 0 saturated carbocycles. The second kappa shape index (κ2) is 4.49. The van der Waals surface area contributed by atoms with Gasteiger partial charge in [0.1, 0.15) is 0 Å². The molecule has 0 radical (unpaired) electrons. The van der Waals surface area contributed by atoms with Crippen molar-refractivity contribution in [3.63, 3.8) is 0 Å². The lowest BCUT2D eigenvalue weighted by molar-refractivity contribution is 0.0691. The minimum Gasteiger partial charge on any atom is -0.476 e. The second-order valence-electron chi connectivity index (χ2n) is 3.51. The van der Waals surface area contributed by atoms with Crippen molar-refractivity contribution in [2.75, 3.05) is 0 Å². The van der Waals surface area contributed by atoms with Gasteiger partial charge in [0.05, 0.1) is 18.0 Å². The lowest BCUT2D eigenvalue weighted by Gasteiger charge is -2.03. The van der Waals surface area contributed by atoms with E-state index in [9.17, 15) is 4.79 Å². The Morgan fingerprint density at radius 3 is 2.88 bits per heavy atom. The number of carboxylic acid groups (broad SMARTS) is 1. The summed E-state index contributed by atoms with van der Waals surface area (Å²) in [6.07, 6.45) is 2.88. The van der Waals surface area contributed by atoms with Crippen molar-refractivity contribution in [2.24, 2.45) is 0 Å². The Bertz CT molecular complexity index is 596. The van der Waals surface area contributed by atoms with E-state index in [0.29, 0.717) is 12.1 Å². The summed E-state index contributed by atoms with van der Waals surface area (Å²) in [5, 5.41) is 17.7. The Hall–Kier alpha value is -2.61. The van der Waals surface area contributed by atoms with Gasteiger partial charge in [0.25, 0.3) is 0 Å². The molecule has 0 aliphatic rings. The van der Waals surface area contributed by atoms with Crippen LogP contribution < -0.4 is 0 Å². The standard InChI is InChI=1S/C12H9N3O2/c13-5-9-3-1-2-4-10(9)6-15-7-11(12(16)17)14-8-15/h1-4,7-8H,6H2,(H,16,17). The lowest BCUT2D eigenvalue weighted by atomic mass is 10.1. The van der Waals surface area contributed by atoms with E-state index in [2.05, 4.69) is 11.1 Å². The summed E-state index contributed by atoms with van der Waals surface area (Å²) in [5.41, 5.74) is 1.42. The maximum absolute atomic E-state index is 10.7. The number of aromatic carboxylic acids is 1. The van der Waals surface area contributed by atoms with Crippen LogP contribution in [0.4, 0.5) is 0 Å². The van der Waals surface area contributed by atoms with Gasteiger partial charge in [0.2, 0.25) is 0 Å². The van der Waals surface area contributed by atoms with E-state index in [1.807, 2.05) is 12.1 Å². The van der Waals surface area contributed by atoms with Crippen LogP contribution in [0.25, 0.3) is 0 Å². The molecular weight excluding hydrogens is 218 g/mol. The third-order valence-electron chi connectivity index (χ3n) is 2.34. The summed E-state index contributed by atoms with van der Waals surface area (Å²) in [7, 11) is 0. The van der Waals surface area contributed by atoms with Crippen molar-refractivity contribution >= 4 is 5.97 Å². The van der Waals surface area contributed by atoms with Crippen molar-refractivity contribution in [1.29, 1.82) is 5.26 Å². The molecule has 5 nitrogen and oxygen atoms in total. The zero-order chi connectivity index (χ0) is 12.3. The van der Waals surface area contributed by atoms with Gasteiger partial charge in [-0.15, -0.1) is 0 Å². The SMILES string of the molecule is N#Cc1ccccc1Cn1cnc(C(=O)O)c1. The summed E-state index contributed by atoms with van der Waals surface area (Å²) in [6, 6.07) is 9.28. The van der Waals surface area contributed by atoms with Crippen molar-refractivity contribution in [3.05, 3.63) is 53.6 Å². The molecule has 0 atom stereocenters. The number of hydrogen-bond donors (Lipinski definition) is 1. The molecule has 1 aromatic heterocycles. The molecule has 0 spiro atoms. The molecule has 17 heavy (non-hydrogen) atoms. The summed E-state index contributed by atoms with van der Waals surface area (Å²) in [4.78, 5) is 14.4. The Labute approximate surface area is 97.6 Å². The number of hydrogen-bond acceptors (Lipinski definition) is 3. The molecule has 1 N–H and O–H groups in total. The van der Waals surface area contributed by atoms with Crippen molar-refractivity contribution in [3.8, 4) is 6.07 Å². The van der Waals surface area contributed by atoms with Gasteiger partial charge in [-0.3, -0.25) is 0 Å². The number of benzene rings is 1. The van der Waals surface area contributed by atoms with Gasteiger partial charge in [-0.25, -0.2) is 9.78 Å². The predicted molar refractivity (Wildman–Crippen MR) is 59.4 cm³/mol. The highest BCUT2D eigenvalue weighted by molar-refractivity contribution is 5.84. The molecule has 1 heterocycles. The van der Waals surface area contributed by atoms with Gasteiger partial charge in [0, 0.05) is 12.7 Å². The first kappa shape index (κ1) is 10.9. The van der Waals surface area contributed by atoms with Gasteiger partial charge in [-0.05, 0) is 11.6 Å². The van der Waals surface area contributed by atoms with E-state index in [4.69, 9.17) is 10.4 Å². The van der Waals surface area contributed by atoms with Crippen LogP contribution in [0.2, 0.25) is 0 Å². The Morgan fingerprint density at radius 1 is 1.47 bits per heavy atom. The first-order valence-electron chi connectivity index (χ1n) is 4.94. The van der Waals surface area contributed by atoms with Gasteiger partial charge < -0.3 is 9.67 Å². The number of carboxylic acids is 1. The van der Waals surface area contributed by atoms with E-state index in [0.717, 1.165) is 5.56 Å². The molecule has 0 amide bonds. The largest absolute Gasteiger partial charge is 0.476 e. The quantitative estimate of drug-likeness (QED) is 0.861. The highest BCUT2D eigenvalue weighted by Crippen LogP contribution is 2.09. The molecule has 0 unspecified atom stereocenters. The molecule has 0 aliphatic heterocycles. The van der Waals surface area contributed by atoms with Crippen LogP contribution >= 0.6 is 0 Å². The van der Waals surface area contributed by atoms with Gasteiger partial charge in [-0.2, -0.15) is 5.26 Å². The summed E-state index contributed by atoms with van der Waals surface area (Å²) < 4.78 is 1.64. The number of nitrogens with zero attached hydrogens (tertiary/aromatic N) is 3. The van der Waals surface area contributed by atoms with Crippen LogP contribution in [0, 0.1) is 11.3 Å². The smallest absolute Gasteiger partial charge is 0.356 e. The normalized spacial score (nSPS) is 9.82. The number of carbonyl (C=O) groups is 1. The first-order chi connectivity index (χ1) is 8.20. The molecule has 84 valence electrons. The van der Waals surface area contributed by atoms with Crippen LogP contribution in [0.1, 0.15) is 21.6 Å². The van der Waals surface area contributed by atoms with E-state index in [1.165, 1.54) is 12.5 Å². The topological polar surface area (TPSA) is 78.9 Å². The van der Waals surface area contributed by atoms with Gasteiger partial charge >= 0.3 is 5.97 Å². The molecule has 0 fully saturated rings. The number of nitriles is 1. The average molecular weight is 227 g/mol. The number of rotatable bonds is 3. The summed E-state index contributed by atoms with van der Waals surface area (Å²) in [6.45, 7) is 0.435. The number of aromatic nitrogens is 2. The molecular formula is C12H9N3O2. The molecule has 0 bridgehead atoms. The highest BCUT2D eigenvalue weighted by Gasteiger charge is 2.07. The lowest BCUT2D eigenvalue weighted by Crippen LogP contribution is -2.00. The summed E-state index contributed by atoms with van der Waals surface area (Å²) in [5.74, 6) is -1.06. The molecule has 0 saturated heterocycles. The van der Waals surface area contributed by atoms with Crippen molar-refractivity contribution in [2.45, 2.75) is 6.54 Å². The van der Waals surface area contributed by atoms with Crippen LogP contribution in [-0.2, 0) is 6.54 Å². The minimum absolute atomic E-state index is 0.000520. The zero-order valence-corrected chi connectivity index (χ0v) is 8.87. The van der Waals surface area contributed by atoms with Gasteiger partial charge in [0.15, 0.2) is 5.69 Å². The Balaban J connectivity index is 2.26. The zero-order valence-electron chi connectivity index (χ0n) is 8.87. The summed E-state index contributed by atoms with van der Waals surface area (Å²) >= 11 is 0. The fourth-order valence-corrected chi connectivity index (χ4v) is 1.52. The molecule has 0 aliphatic carbocycles. The fourth-order valence-electron chi connectivity index (χ4n) is 1.52. The van der Waals surface area contributed by atoms with E-state index in [-0.39, 0.29) is 5.69 Å². The van der Waals surface area contributed by atoms with Crippen molar-refractivity contribution in [1.82, 2.24) is 9.55 Å². The first-order valence-corrected chi connectivity index (χ1v) is 4.94. The van der Waals surface area contributed by atoms with E-state index in [1.54, 1.807) is 16.7 Å². The predicted octanol–water partition coefficient (Wildman–Crippen LogP) is 1.50. The molecule has 2 aromatic rings. The highest BCUT2D eigenvalue weighted by atomic mass is 16.4. The van der Waals surface area contributed by atoms with E-state index < -0.39 is 5.97 Å². The monoisotopic (exact) mass is 227 g/mol. The molecule has 5 heteroatoms. The third kappa shape index (κ3) is 2.32. The minimum atomic E-state index is -1.06. The van der Waals surface area contributed by atoms with Crippen LogP contribution in [-0.4, -0.2) is 20.6 Å². The molecule has 2 rings (SSSR count). The third-order valence-corrected chi connectivity index (χ3v) is 2.34. The fraction of sp³-hybridized carbons (Fsp3) is 0.0833. The Kier molecular flexibility index (Phi) is 2.88. The van der Waals surface area contributed by atoms with Crippen LogP contribution in [0.3, 0.4) is 0 Å². The Morgan fingerprint density at radius 2 is 2.24 bits per heavy atom. The van der Waals surface area contributed by atoms with Crippen LogP contribution in [0.5, 0.6) is 0 Å². The maximum Gasteiger partial charge on any atom is 0.356 e. The molecule has 1 aromatic carbocycles. The average Bonchev–Trinajstić information content (AvgIpc) is 2.78. The van der Waals surface area contributed by atoms with Gasteiger partial charge in [-0.1, -0.05) is 18.2 Å². The second-order valence-corrected chi connectivity index (χ2v) is 3.51. The van der Waals surface area contributed by atoms with Crippen molar-refractivity contribution < 1.29 is 9.90 Å². The maximum atomic E-state index is 10.7. The number of imidazole rings is 1.